The summed E-state index contributed by atoms with van der Waals surface area (Å²) in [5, 5.41) is 4.05. The van der Waals surface area contributed by atoms with Crippen LogP contribution in [0.5, 0.6) is 17.2 Å². The monoisotopic (exact) mass is 508 g/mol. The summed E-state index contributed by atoms with van der Waals surface area (Å²) in [5.74, 6) is 1.43. The van der Waals surface area contributed by atoms with Crippen molar-refractivity contribution in [1.29, 1.82) is 0 Å². The van der Waals surface area contributed by atoms with Crippen LogP contribution in [0, 0.1) is 0 Å². The molecule has 1 N–H and O–H groups in total. The van der Waals surface area contributed by atoms with E-state index in [2.05, 4.69) is 33.0 Å². The molecule has 0 heterocycles. The molecule has 0 aliphatic heterocycles. The summed E-state index contributed by atoms with van der Waals surface area (Å²) in [6, 6.07) is 20.4. The largest absolute Gasteiger partial charge is 0.490 e. The van der Waals surface area contributed by atoms with E-state index >= 15 is 0 Å². The molecule has 0 radical (unpaired) electrons. The fourth-order valence-electron chi connectivity index (χ4n) is 2.87. The van der Waals surface area contributed by atoms with E-state index in [0.717, 1.165) is 15.6 Å². The third kappa shape index (κ3) is 7.22. The molecule has 0 bridgehead atoms. The molecule has 1 amide bonds. The molecule has 3 aromatic rings. The van der Waals surface area contributed by atoms with E-state index < -0.39 is 0 Å². The molecular formula is C26H25BrN2O4. The summed E-state index contributed by atoms with van der Waals surface area (Å²) in [4.78, 5) is 12.6. The van der Waals surface area contributed by atoms with E-state index in [1.54, 1.807) is 30.5 Å². The van der Waals surface area contributed by atoms with Gasteiger partial charge in [0.2, 0.25) is 0 Å². The number of ether oxygens (including phenoxy) is 3. The third-order valence-corrected chi connectivity index (χ3v) is 5.05. The van der Waals surface area contributed by atoms with E-state index in [1.165, 1.54) is 0 Å². The van der Waals surface area contributed by atoms with Gasteiger partial charge in [-0.05, 0) is 70.4 Å². The molecule has 0 atom stereocenters. The first-order chi connectivity index (χ1) is 16.1. The van der Waals surface area contributed by atoms with Crippen molar-refractivity contribution in [1.82, 2.24) is 5.43 Å². The minimum Gasteiger partial charge on any atom is -0.490 e. The number of nitrogens with one attached hydrogen (secondary N) is 1. The van der Waals surface area contributed by atoms with Crippen molar-refractivity contribution >= 4 is 28.1 Å². The molecule has 0 aromatic heterocycles. The Morgan fingerprint density at radius 3 is 2.52 bits per heavy atom. The number of benzene rings is 3. The second kappa shape index (κ2) is 12.5. The van der Waals surface area contributed by atoms with Gasteiger partial charge in [-0.2, -0.15) is 5.10 Å². The van der Waals surface area contributed by atoms with Crippen molar-refractivity contribution in [2.75, 3.05) is 13.2 Å². The van der Waals surface area contributed by atoms with Crippen molar-refractivity contribution in [3.8, 4) is 17.2 Å². The molecule has 0 aliphatic rings. The van der Waals surface area contributed by atoms with Crippen molar-refractivity contribution in [2.45, 2.75) is 13.5 Å². The Morgan fingerprint density at radius 2 is 1.79 bits per heavy atom. The molecule has 0 saturated heterocycles. The summed E-state index contributed by atoms with van der Waals surface area (Å²) in [5.41, 5.74) is 4.79. The Morgan fingerprint density at radius 1 is 1.00 bits per heavy atom. The molecule has 33 heavy (non-hydrogen) atoms. The number of rotatable bonds is 11. The summed E-state index contributed by atoms with van der Waals surface area (Å²) in [7, 11) is 0. The van der Waals surface area contributed by atoms with Crippen LogP contribution in [0.4, 0.5) is 0 Å². The second-order valence-electron chi connectivity index (χ2n) is 6.86. The average Bonchev–Trinajstić information content (AvgIpc) is 2.83. The summed E-state index contributed by atoms with van der Waals surface area (Å²) < 4.78 is 17.9. The molecule has 3 aromatic carbocycles. The standard InChI is InChI=1S/C26H25BrN2O4/c1-3-14-32-23-12-10-20(15-22(23)27)17-28-29-26(30)21-11-13-24(25(16-21)31-4-2)33-18-19-8-6-5-7-9-19/h3,5-13,15-17H,1,4,14,18H2,2H3,(H,29,30)/b28-17+. The predicted octanol–water partition coefficient (Wildman–Crippen LogP) is 5.76. The smallest absolute Gasteiger partial charge is 0.271 e. The van der Waals surface area contributed by atoms with Gasteiger partial charge in [0.05, 0.1) is 17.3 Å². The van der Waals surface area contributed by atoms with Gasteiger partial charge in [0, 0.05) is 5.56 Å². The van der Waals surface area contributed by atoms with Gasteiger partial charge in [-0.1, -0.05) is 43.0 Å². The topological polar surface area (TPSA) is 69.2 Å². The molecule has 0 aliphatic carbocycles. The van der Waals surface area contributed by atoms with Crippen LogP contribution in [-0.4, -0.2) is 25.3 Å². The zero-order chi connectivity index (χ0) is 23.5. The normalized spacial score (nSPS) is 10.6. The minimum absolute atomic E-state index is 0.355. The number of hydrazone groups is 1. The highest BCUT2D eigenvalue weighted by atomic mass is 79.9. The first kappa shape index (κ1) is 24.1. The summed E-state index contributed by atoms with van der Waals surface area (Å²) >= 11 is 3.46. The van der Waals surface area contributed by atoms with Crippen molar-refractivity contribution in [3.63, 3.8) is 0 Å². The Hall–Kier alpha value is -3.58. The lowest BCUT2D eigenvalue weighted by molar-refractivity contribution is 0.0954. The van der Waals surface area contributed by atoms with Crippen molar-refractivity contribution < 1.29 is 19.0 Å². The molecule has 0 fully saturated rings. The lowest BCUT2D eigenvalue weighted by Gasteiger charge is -2.13. The summed E-state index contributed by atoms with van der Waals surface area (Å²) in [6.45, 7) is 6.79. The Balaban J connectivity index is 1.63. The van der Waals surface area contributed by atoms with Gasteiger partial charge < -0.3 is 14.2 Å². The number of carbonyl (C=O) groups excluding carboxylic acids is 1. The Kier molecular flexibility index (Phi) is 9.08. The van der Waals surface area contributed by atoms with Gasteiger partial charge in [-0.25, -0.2) is 5.43 Å². The van der Waals surface area contributed by atoms with E-state index in [0.29, 0.717) is 42.6 Å². The van der Waals surface area contributed by atoms with Crippen LogP contribution in [0.3, 0.4) is 0 Å². The first-order valence-corrected chi connectivity index (χ1v) is 11.2. The van der Waals surface area contributed by atoms with E-state index in [4.69, 9.17) is 14.2 Å². The number of hydrogen-bond donors (Lipinski definition) is 1. The first-order valence-electron chi connectivity index (χ1n) is 10.4. The zero-order valence-corrected chi connectivity index (χ0v) is 19.9. The number of nitrogens with zero attached hydrogens (tertiary/aromatic N) is 1. The maximum atomic E-state index is 12.6. The second-order valence-corrected chi connectivity index (χ2v) is 7.71. The molecule has 0 spiro atoms. The van der Waals surface area contributed by atoms with Crippen LogP contribution in [0.25, 0.3) is 0 Å². The molecular weight excluding hydrogens is 484 g/mol. The van der Waals surface area contributed by atoms with Gasteiger partial charge in [0.25, 0.3) is 5.91 Å². The summed E-state index contributed by atoms with van der Waals surface area (Å²) in [6.07, 6.45) is 3.23. The Bertz CT molecular complexity index is 1120. The lowest BCUT2D eigenvalue weighted by Crippen LogP contribution is -2.17. The predicted molar refractivity (Wildman–Crippen MR) is 133 cm³/mol. The van der Waals surface area contributed by atoms with Crippen LogP contribution < -0.4 is 19.6 Å². The van der Waals surface area contributed by atoms with Gasteiger partial charge in [-0.15, -0.1) is 0 Å². The number of hydrogen-bond acceptors (Lipinski definition) is 5. The van der Waals surface area contributed by atoms with Crippen molar-refractivity contribution in [3.05, 3.63) is 101 Å². The van der Waals surface area contributed by atoms with Gasteiger partial charge >= 0.3 is 0 Å². The highest BCUT2D eigenvalue weighted by Gasteiger charge is 2.12. The van der Waals surface area contributed by atoms with Crippen molar-refractivity contribution in [2.24, 2.45) is 5.10 Å². The maximum Gasteiger partial charge on any atom is 0.271 e. The minimum atomic E-state index is -0.355. The van der Waals surface area contributed by atoms with Gasteiger partial charge in [-0.3, -0.25) is 4.79 Å². The Labute approximate surface area is 202 Å². The highest BCUT2D eigenvalue weighted by molar-refractivity contribution is 9.10. The van der Waals surface area contributed by atoms with Crippen LogP contribution in [0.1, 0.15) is 28.4 Å². The van der Waals surface area contributed by atoms with E-state index in [-0.39, 0.29) is 5.91 Å². The maximum absolute atomic E-state index is 12.6. The SMILES string of the molecule is C=CCOc1ccc(/C=N/NC(=O)c2ccc(OCc3ccccc3)c(OCC)c2)cc1Br. The molecule has 6 nitrogen and oxygen atoms in total. The molecule has 170 valence electrons. The quantitative estimate of drug-likeness (QED) is 0.203. The van der Waals surface area contributed by atoms with E-state index in [1.807, 2.05) is 55.5 Å². The van der Waals surface area contributed by atoms with Gasteiger partial charge in [0.15, 0.2) is 11.5 Å². The fraction of sp³-hybridized carbons (Fsp3) is 0.154. The molecule has 0 unspecified atom stereocenters. The third-order valence-electron chi connectivity index (χ3n) is 4.44. The van der Waals surface area contributed by atoms with Crippen LogP contribution in [-0.2, 0) is 6.61 Å². The molecule has 7 heteroatoms. The molecule has 0 saturated carbocycles. The average molecular weight is 509 g/mol. The zero-order valence-electron chi connectivity index (χ0n) is 18.3. The number of halogens is 1. The van der Waals surface area contributed by atoms with Crippen LogP contribution >= 0.6 is 15.9 Å². The van der Waals surface area contributed by atoms with Gasteiger partial charge in [0.1, 0.15) is 19.0 Å². The lowest BCUT2D eigenvalue weighted by atomic mass is 10.2. The van der Waals surface area contributed by atoms with E-state index in [9.17, 15) is 4.79 Å². The fourth-order valence-corrected chi connectivity index (χ4v) is 3.38. The number of carbonyl (C=O) groups is 1. The van der Waals surface area contributed by atoms with Crippen LogP contribution in [0.15, 0.2) is 89.0 Å². The molecule has 3 rings (SSSR count). The van der Waals surface area contributed by atoms with Crippen LogP contribution in [0.2, 0.25) is 0 Å². The highest BCUT2D eigenvalue weighted by Crippen LogP contribution is 2.29. The number of amides is 1.